The Hall–Kier alpha value is -2.09. The van der Waals surface area contributed by atoms with Crippen molar-refractivity contribution < 1.29 is 9.53 Å². The molecule has 0 aliphatic carbocycles. The maximum atomic E-state index is 12.0. The van der Waals surface area contributed by atoms with Crippen molar-refractivity contribution in [2.24, 2.45) is 0 Å². The normalized spacial score (nSPS) is 14.5. The van der Waals surface area contributed by atoms with E-state index < -0.39 is 0 Å². The summed E-state index contributed by atoms with van der Waals surface area (Å²) < 4.78 is 5.60. The molecule has 30 heavy (non-hydrogen) atoms. The fourth-order valence-electron chi connectivity index (χ4n) is 3.25. The average molecular weight is 452 g/mol. The molecule has 1 saturated heterocycles. The van der Waals surface area contributed by atoms with Crippen molar-refractivity contribution in [2.45, 2.75) is 19.3 Å². The van der Waals surface area contributed by atoms with Gasteiger partial charge in [-0.2, -0.15) is 0 Å². The summed E-state index contributed by atoms with van der Waals surface area (Å²) in [6.07, 6.45) is 5.55. The third-order valence-electron chi connectivity index (χ3n) is 4.88. The average Bonchev–Trinajstić information content (AvgIpc) is 2.76. The minimum Gasteiger partial charge on any atom is -0.492 e. The van der Waals surface area contributed by atoms with Gasteiger partial charge in [-0.15, -0.1) is 0 Å². The second-order valence-electron chi connectivity index (χ2n) is 7.11. The largest absolute Gasteiger partial charge is 0.492 e. The first kappa shape index (κ1) is 22.6. The van der Waals surface area contributed by atoms with E-state index in [0.29, 0.717) is 41.8 Å². The van der Waals surface area contributed by atoms with Crippen LogP contribution in [0.4, 0.5) is 5.95 Å². The van der Waals surface area contributed by atoms with Gasteiger partial charge in [0.15, 0.2) is 0 Å². The number of rotatable bonds is 10. The second-order valence-corrected chi connectivity index (χ2v) is 7.95. The van der Waals surface area contributed by atoms with Crippen LogP contribution in [-0.4, -0.2) is 66.7 Å². The van der Waals surface area contributed by atoms with Crippen LogP contribution in [0.5, 0.6) is 5.75 Å². The van der Waals surface area contributed by atoms with Crippen LogP contribution < -0.4 is 15.0 Å². The second kappa shape index (κ2) is 11.9. The minimum atomic E-state index is 0.0480. The molecule has 1 aromatic heterocycles. The molecule has 1 aliphatic rings. The van der Waals surface area contributed by atoms with Crippen LogP contribution in [0.3, 0.4) is 0 Å². The summed E-state index contributed by atoms with van der Waals surface area (Å²) in [4.78, 5) is 25.2. The first-order chi connectivity index (χ1) is 14.6. The zero-order chi connectivity index (χ0) is 21.2. The summed E-state index contributed by atoms with van der Waals surface area (Å²) in [6.45, 7) is 5.91. The summed E-state index contributed by atoms with van der Waals surface area (Å²) in [5, 5.41) is 4.02. The highest BCUT2D eigenvalue weighted by Crippen LogP contribution is 2.27. The van der Waals surface area contributed by atoms with Crippen molar-refractivity contribution in [3.05, 3.63) is 46.7 Å². The van der Waals surface area contributed by atoms with Crippen molar-refractivity contribution in [3.8, 4) is 5.75 Å². The fourth-order valence-corrected chi connectivity index (χ4v) is 3.72. The lowest BCUT2D eigenvalue weighted by Gasteiger charge is -2.34. The number of aromatic nitrogens is 2. The first-order valence-electron chi connectivity index (χ1n) is 10.2. The number of amides is 1. The molecule has 162 valence electrons. The standard InChI is InChI=1S/C21H27Cl2N5O2/c22-17-5-6-19(18(23)16-17)30-15-1-4-20(29)24-9-3-10-27-11-13-28(14-12-27)21-25-7-2-8-26-21/h2,5-8,16H,1,3-4,9-15H2,(H,24,29). The summed E-state index contributed by atoms with van der Waals surface area (Å²) in [5.41, 5.74) is 0. The molecular formula is C21H27Cl2N5O2. The van der Waals surface area contributed by atoms with Gasteiger partial charge in [0, 0.05) is 56.6 Å². The Kier molecular flexibility index (Phi) is 8.99. The van der Waals surface area contributed by atoms with Gasteiger partial charge >= 0.3 is 0 Å². The minimum absolute atomic E-state index is 0.0480. The molecule has 7 nitrogen and oxygen atoms in total. The van der Waals surface area contributed by atoms with Crippen LogP contribution >= 0.6 is 23.2 Å². The number of benzene rings is 1. The molecule has 2 aromatic rings. The Morgan fingerprint density at radius 1 is 1.10 bits per heavy atom. The van der Waals surface area contributed by atoms with Gasteiger partial charge in [-0.3, -0.25) is 9.69 Å². The van der Waals surface area contributed by atoms with Gasteiger partial charge in [0.1, 0.15) is 5.75 Å². The monoisotopic (exact) mass is 451 g/mol. The number of halogens is 2. The lowest BCUT2D eigenvalue weighted by Crippen LogP contribution is -2.47. The van der Waals surface area contributed by atoms with Gasteiger partial charge in [-0.05, 0) is 43.7 Å². The Morgan fingerprint density at radius 3 is 2.60 bits per heavy atom. The van der Waals surface area contributed by atoms with E-state index in [1.165, 1.54) is 0 Å². The van der Waals surface area contributed by atoms with Gasteiger partial charge in [-0.1, -0.05) is 23.2 Å². The summed E-state index contributed by atoms with van der Waals surface area (Å²) >= 11 is 11.9. The molecule has 0 radical (unpaired) electrons. The van der Waals surface area contributed by atoms with Gasteiger partial charge < -0.3 is 15.0 Å². The zero-order valence-corrected chi connectivity index (χ0v) is 18.4. The lowest BCUT2D eigenvalue weighted by atomic mass is 10.2. The molecule has 0 atom stereocenters. The summed E-state index contributed by atoms with van der Waals surface area (Å²) in [6, 6.07) is 6.93. The van der Waals surface area contributed by atoms with E-state index in [0.717, 1.165) is 45.1 Å². The number of hydrogen-bond acceptors (Lipinski definition) is 6. The number of anilines is 1. The smallest absolute Gasteiger partial charge is 0.225 e. The molecule has 9 heteroatoms. The highest BCUT2D eigenvalue weighted by atomic mass is 35.5. The third-order valence-corrected chi connectivity index (χ3v) is 5.41. The zero-order valence-electron chi connectivity index (χ0n) is 16.9. The van der Waals surface area contributed by atoms with Crippen molar-refractivity contribution in [1.82, 2.24) is 20.2 Å². The molecule has 1 N–H and O–H groups in total. The topological polar surface area (TPSA) is 70.6 Å². The summed E-state index contributed by atoms with van der Waals surface area (Å²) in [7, 11) is 0. The van der Waals surface area contributed by atoms with E-state index in [1.54, 1.807) is 30.6 Å². The molecular weight excluding hydrogens is 425 g/mol. The predicted molar refractivity (Wildman–Crippen MR) is 120 cm³/mol. The number of carbonyl (C=O) groups excluding carboxylic acids is 1. The van der Waals surface area contributed by atoms with Crippen molar-refractivity contribution >= 4 is 35.1 Å². The molecule has 0 spiro atoms. The van der Waals surface area contributed by atoms with E-state index in [1.807, 2.05) is 6.07 Å². The molecule has 1 amide bonds. The number of nitrogens with one attached hydrogen (secondary N) is 1. The Morgan fingerprint density at radius 2 is 1.87 bits per heavy atom. The molecule has 1 fully saturated rings. The summed E-state index contributed by atoms with van der Waals surface area (Å²) in [5.74, 6) is 1.43. The van der Waals surface area contributed by atoms with E-state index in [-0.39, 0.29) is 5.91 Å². The van der Waals surface area contributed by atoms with E-state index in [2.05, 4.69) is 25.1 Å². The lowest BCUT2D eigenvalue weighted by molar-refractivity contribution is -0.121. The molecule has 1 aliphatic heterocycles. The maximum absolute atomic E-state index is 12.0. The molecule has 0 unspecified atom stereocenters. The van der Waals surface area contributed by atoms with Crippen LogP contribution in [0.1, 0.15) is 19.3 Å². The Bertz CT molecular complexity index is 801. The van der Waals surface area contributed by atoms with Crippen molar-refractivity contribution in [2.75, 3.05) is 50.8 Å². The Balaban J connectivity index is 1.22. The number of ether oxygens (including phenoxy) is 1. The van der Waals surface area contributed by atoms with Crippen LogP contribution in [0.2, 0.25) is 10.0 Å². The quantitative estimate of drug-likeness (QED) is 0.558. The van der Waals surface area contributed by atoms with Crippen LogP contribution in [0, 0.1) is 0 Å². The molecule has 3 rings (SSSR count). The van der Waals surface area contributed by atoms with E-state index in [9.17, 15) is 4.79 Å². The van der Waals surface area contributed by atoms with E-state index >= 15 is 0 Å². The van der Waals surface area contributed by atoms with Crippen molar-refractivity contribution in [3.63, 3.8) is 0 Å². The number of piperazine rings is 1. The SMILES string of the molecule is O=C(CCCOc1ccc(Cl)cc1Cl)NCCCN1CCN(c2ncccn2)CC1. The van der Waals surface area contributed by atoms with Gasteiger partial charge in [0.25, 0.3) is 0 Å². The van der Waals surface area contributed by atoms with Crippen LogP contribution in [-0.2, 0) is 4.79 Å². The van der Waals surface area contributed by atoms with Crippen molar-refractivity contribution in [1.29, 1.82) is 0 Å². The Labute approximate surface area is 187 Å². The fraction of sp³-hybridized carbons (Fsp3) is 0.476. The molecule has 2 heterocycles. The van der Waals surface area contributed by atoms with Gasteiger partial charge in [0.2, 0.25) is 11.9 Å². The van der Waals surface area contributed by atoms with Crippen LogP contribution in [0.25, 0.3) is 0 Å². The third kappa shape index (κ3) is 7.31. The molecule has 1 aromatic carbocycles. The number of hydrogen-bond donors (Lipinski definition) is 1. The highest BCUT2D eigenvalue weighted by molar-refractivity contribution is 6.35. The predicted octanol–water partition coefficient (Wildman–Crippen LogP) is 3.27. The number of carbonyl (C=O) groups is 1. The molecule has 0 bridgehead atoms. The van der Waals surface area contributed by atoms with Gasteiger partial charge in [0.05, 0.1) is 11.6 Å². The highest BCUT2D eigenvalue weighted by Gasteiger charge is 2.18. The number of nitrogens with zero attached hydrogens (tertiary/aromatic N) is 4. The van der Waals surface area contributed by atoms with Gasteiger partial charge in [-0.25, -0.2) is 9.97 Å². The first-order valence-corrected chi connectivity index (χ1v) is 11.0. The van der Waals surface area contributed by atoms with Crippen LogP contribution in [0.15, 0.2) is 36.7 Å². The maximum Gasteiger partial charge on any atom is 0.225 e. The molecule has 0 saturated carbocycles. The van der Waals surface area contributed by atoms with E-state index in [4.69, 9.17) is 27.9 Å².